The molecule has 1 aromatic heterocycles. The molecule has 1 aliphatic heterocycles. The van der Waals surface area contributed by atoms with Crippen LogP contribution in [0.15, 0.2) is 60.8 Å². The number of carbonyl (C=O) groups is 1. The van der Waals surface area contributed by atoms with Crippen LogP contribution in [0.3, 0.4) is 0 Å². The highest BCUT2D eigenvalue weighted by molar-refractivity contribution is 5.99. The Morgan fingerprint density at radius 2 is 1.91 bits per heavy atom. The first-order chi connectivity index (χ1) is 16.9. The van der Waals surface area contributed by atoms with Gasteiger partial charge in [-0.25, -0.2) is 9.07 Å². The predicted octanol–water partition coefficient (Wildman–Crippen LogP) is 5.71. The van der Waals surface area contributed by atoms with Crippen molar-refractivity contribution in [3.63, 3.8) is 0 Å². The van der Waals surface area contributed by atoms with Gasteiger partial charge in [-0.2, -0.15) is 5.10 Å². The second-order valence-electron chi connectivity index (χ2n) is 9.37. The van der Waals surface area contributed by atoms with Gasteiger partial charge in [0.05, 0.1) is 22.5 Å². The van der Waals surface area contributed by atoms with Crippen molar-refractivity contribution in [3.8, 4) is 5.69 Å². The Morgan fingerprint density at radius 3 is 2.66 bits per heavy atom. The molecule has 0 radical (unpaired) electrons. The first kappa shape index (κ1) is 21.5. The minimum atomic E-state index is -0.725. The number of carbonyl (C=O) groups excluding carboxylic acids is 1. The molecule has 0 bridgehead atoms. The second-order valence-corrected chi connectivity index (χ2v) is 9.37. The van der Waals surface area contributed by atoms with Crippen LogP contribution in [-0.2, 0) is 6.42 Å². The second kappa shape index (κ2) is 8.01. The first-order valence-corrected chi connectivity index (χ1v) is 11.8. The van der Waals surface area contributed by atoms with Gasteiger partial charge in [-0.1, -0.05) is 24.3 Å². The Hall–Kier alpha value is -4.07. The minimum absolute atomic E-state index is 0.0231. The number of amides is 1. The van der Waals surface area contributed by atoms with Gasteiger partial charge in [0.1, 0.15) is 5.69 Å². The number of nitrogens with zero attached hydrogens (tertiary/aromatic N) is 4. The molecular formula is C27H23FN4O3. The van der Waals surface area contributed by atoms with Gasteiger partial charge in [0.25, 0.3) is 11.6 Å². The molecule has 1 amide bonds. The van der Waals surface area contributed by atoms with Crippen LogP contribution in [0, 0.1) is 15.9 Å². The molecule has 3 aromatic carbocycles. The SMILES string of the molecule is C[C@@H]1c2ccccc2CCN1C(=O)c1cc(C2CC2)c2nn(-c3ccc([N+](=O)[O-])cc3F)cc2c1. The van der Waals surface area contributed by atoms with Crippen molar-refractivity contribution in [1.29, 1.82) is 0 Å². The predicted molar refractivity (Wildman–Crippen MR) is 129 cm³/mol. The van der Waals surface area contributed by atoms with Gasteiger partial charge in [0, 0.05) is 29.8 Å². The van der Waals surface area contributed by atoms with Gasteiger partial charge in [-0.3, -0.25) is 14.9 Å². The van der Waals surface area contributed by atoms with Crippen LogP contribution in [0.1, 0.15) is 58.8 Å². The van der Waals surface area contributed by atoms with Crippen molar-refractivity contribution in [2.45, 2.75) is 38.1 Å². The van der Waals surface area contributed by atoms with Crippen molar-refractivity contribution >= 4 is 22.5 Å². The minimum Gasteiger partial charge on any atom is -0.332 e. The van der Waals surface area contributed by atoms with Gasteiger partial charge >= 0.3 is 0 Å². The van der Waals surface area contributed by atoms with E-state index >= 15 is 0 Å². The molecule has 1 atom stereocenters. The largest absolute Gasteiger partial charge is 0.332 e. The van der Waals surface area contributed by atoms with E-state index in [1.165, 1.54) is 27.9 Å². The molecule has 8 heteroatoms. The number of aromatic nitrogens is 2. The summed E-state index contributed by atoms with van der Waals surface area (Å²) >= 11 is 0. The summed E-state index contributed by atoms with van der Waals surface area (Å²) in [6.45, 7) is 2.71. The van der Waals surface area contributed by atoms with Crippen molar-refractivity contribution in [2.24, 2.45) is 0 Å². The lowest BCUT2D eigenvalue weighted by atomic mass is 9.92. The van der Waals surface area contributed by atoms with Gasteiger partial charge in [-0.15, -0.1) is 0 Å². The zero-order valence-electron chi connectivity index (χ0n) is 19.1. The normalized spacial score (nSPS) is 17.4. The van der Waals surface area contributed by atoms with E-state index in [-0.39, 0.29) is 23.3 Å². The third kappa shape index (κ3) is 3.65. The molecule has 1 fully saturated rings. The number of nitro benzene ring substituents is 1. The van der Waals surface area contributed by atoms with Crippen LogP contribution in [0.4, 0.5) is 10.1 Å². The summed E-state index contributed by atoms with van der Waals surface area (Å²) in [4.78, 5) is 25.9. The fraction of sp³-hybridized carbons (Fsp3) is 0.259. The Labute approximate surface area is 200 Å². The van der Waals surface area contributed by atoms with Crippen molar-refractivity contribution in [3.05, 3.63) is 99.0 Å². The van der Waals surface area contributed by atoms with E-state index in [9.17, 15) is 19.3 Å². The van der Waals surface area contributed by atoms with Crippen molar-refractivity contribution in [1.82, 2.24) is 14.7 Å². The molecule has 1 aliphatic carbocycles. The highest BCUT2D eigenvalue weighted by atomic mass is 19.1. The van der Waals surface area contributed by atoms with E-state index in [4.69, 9.17) is 0 Å². The van der Waals surface area contributed by atoms with Gasteiger partial charge < -0.3 is 4.90 Å². The molecule has 2 aliphatic rings. The van der Waals surface area contributed by atoms with Gasteiger partial charge in [0.15, 0.2) is 5.82 Å². The maximum atomic E-state index is 14.7. The van der Waals surface area contributed by atoms with Crippen LogP contribution >= 0.6 is 0 Å². The smallest absolute Gasteiger partial charge is 0.272 e. The summed E-state index contributed by atoms with van der Waals surface area (Å²) in [5.41, 5.74) is 4.61. The van der Waals surface area contributed by atoms with Crippen LogP contribution < -0.4 is 0 Å². The molecule has 0 saturated heterocycles. The number of non-ortho nitro benzene ring substituents is 1. The Morgan fingerprint density at radius 1 is 1.11 bits per heavy atom. The highest BCUT2D eigenvalue weighted by Gasteiger charge is 2.31. The average molecular weight is 471 g/mol. The fourth-order valence-electron chi connectivity index (χ4n) is 5.13. The average Bonchev–Trinajstić information content (AvgIpc) is 3.61. The zero-order chi connectivity index (χ0) is 24.3. The Balaban J connectivity index is 1.40. The Kier molecular flexibility index (Phi) is 4.91. The van der Waals surface area contributed by atoms with Crippen LogP contribution in [0.2, 0.25) is 0 Å². The van der Waals surface area contributed by atoms with E-state index < -0.39 is 10.7 Å². The van der Waals surface area contributed by atoms with E-state index in [1.807, 2.05) is 29.2 Å². The zero-order valence-corrected chi connectivity index (χ0v) is 19.1. The topological polar surface area (TPSA) is 81.3 Å². The quantitative estimate of drug-likeness (QED) is 0.283. The number of halogens is 1. The van der Waals surface area contributed by atoms with E-state index in [1.54, 1.807) is 6.20 Å². The summed E-state index contributed by atoms with van der Waals surface area (Å²) in [6.07, 6.45) is 4.57. The molecule has 2 heterocycles. The molecule has 176 valence electrons. The molecule has 0 spiro atoms. The number of hydrogen-bond donors (Lipinski definition) is 0. The number of nitro groups is 1. The summed E-state index contributed by atoms with van der Waals surface area (Å²) in [6, 6.07) is 15.5. The van der Waals surface area contributed by atoms with E-state index in [0.717, 1.165) is 41.8 Å². The molecule has 6 rings (SSSR count). The molecular weight excluding hydrogens is 447 g/mol. The maximum Gasteiger partial charge on any atom is 0.272 e. The number of benzene rings is 3. The lowest BCUT2D eigenvalue weighted by Gasteiger charge is -2.35. The van der Waals surface area contributed by atoms with E-state index in [2.05, 4.69) is 24.2 Å². The highest BCUT2D eigenvalue weighted by Crippen LogP contribution is 2.44. The maximum absolute atomic E-state index is 14.7. The van der Waals surface area contributed by atoms with Crippen molar-refractivity contribution < 1.29 is 14.1 Å². The molecule has 4 aromatic rings. The third-order valence-corrected chi connectivity index (χ3v) is 7.15. The monoisotopic (exact) mass is 470 g/mol. The summed E-state index contributed by atoms with van der Waals surface area (Å²) in [5.74, 6) is -0.419. The molecule has 0 N–H and O–H groups in total. The first-order valence-electron chi connectivity index (χ1n) is 11.8. The standard InChI is InChI=1S/C27H23FN4O3/c1-16-22-5-3-2-4-17(22)10-11-30(16)27(33)19-12-20-15-31(29-26(20)23(13-19)18-6-7-18)25-9-8-21(32(34)35)14-24(25)28/h2-5,8-9,12-16,18H,6-7,10-11H2,1H3/t16-/m1/s1. The fourth-order valence-corrected chi connectivity index (χ4v) is 5.13. The van der Waals surface area contributed by atoms with Crippen LogP contribution in [0.5, 0.6) is 0 Å². The summed E-state index contributed by atoms with van der Waals surface area (Å²) in [7, 11) is 0. The molecule has 7 nitrogen and oxygen atoms in total. The van der Waals surface area contributed by atoms with Crippen molar-refractivity contribution in [2.75, 3.05) is 6.54 Å². The number of hydrogen-bond acceptors (Lipinski definition) is 4. The number of fused-ring (bicyclic) bond motifs is 2. The number of rotatable bonds is 4. The van der Waals surface area contributed by atoms with Gasteiger partial charge in [0.2, 0.25) is 0 Å². The van der Waals surface area contributed by atoms with Crippen LogP contribution in [-0.4, -0.2) is 32.1 Å². The third-order valence-electron chi connectivity index (χ3n) is 7.15. The molecule has 1 saturated carbocycles. The van der Waals surface area contributed by atoms with Crippen LogP contribution in [0.25, 0.3) is 16.6 Å². The lowest BCUT2D eigenvalue weighted by molar-refractivity contribution is -0.385. The molecule has 35 heavy (non-hydrogen) atoms. The molecule has 0 unspecified atom stereocenters. The summed E-state index contributed by atoms with van der Waals surface area (Å²) in [5, 5.41) is 16.3. The van der Waals surface area contributed by atoms with Gasteiger partial charge in [-0.05, 0) is 67.0 Å². The van der Waals surface area contributed by atoms with E-state index in [0.29, 0.717) is 18.0 Å². The Bertz CT molecular complexity index is 1510. The summed E-state index contributed by atoms with van der Waals surface area (Å²) < 4.78 is 16.1. The lowest BCUT2D eigenvalue weighted by Crippen LogP contribution is -2.38.